The van der Waals surface area contributed by atoms with Gasteiger partial charge in [0.1, 0.15) is 5.76 Å². The molecule has 0 aliphatic rings. The van der Waals surface area contributed by atoms with E-state index in [0.29, 0.717) is 18.4 Å². The van der Waals surface area contributed by atoms with Gasteiger partial charge in [-0.25, -0.2) is 0 Å². The van der Waals surface area contributed by atoms with Gasteiger partial charge in [0.25, 0.3) is 0 Å². The topological polar surface area (TPSA) is 42.4 Å². The molecule has 0 spiro atoms. The standard InChI is InChI=1S/C14H25BrN2O/c1-10(2)8-17(9-11(3)4)13(7-16)14-12(15)5-6-18-14/h5-6,10-11,13H,7-9,16H2,1-4H3. The number of hydrogen-bond donors (Lipinski definition) is 1. The van der Waals surface area contributed by atoms with Gasteiger partial charge >= 0.3 is 0 Å². The van der Waals surface area contributed by atoms with E-state index in [2.05, 4.69) is 48.5 Å². The van der Waals surface area contributed by atoms with E-state index in [4.69, 9.17) is 10.2 Å². The normalized spacial score (nSPS) is 13.8. The summed E-state index contributed by atoms with van der Waals surface area (Å²) in [4.78, 5) is 2.43. The number of nitrogens with two attached hydrogens (primary N) is 1. The molecule has 0 bridgehead atoms. The Labute approximate surface area is 119 Å². The molecule has 0 radical (unpaired) electrons. The second-order valence-corrected chi connectivity index (χ2v) is 6.48. The average molecular weight is 317 g/mol. The van der Waals surface area contributed by atoms with Crippen molar-refractivity contribution in [3.8, 4) is 0 Å². The highest BCUT2D eigenvalue weighted by molar-refractivity contribution is 9.10. The van der Waals surface area contributed by atoms with Crippen LogP contribution >= 0.6 is 15.9 Å². The predicted molar refractivity (Wildman–Crippen MR) is 79.5 cm³/mol. The monoisotopic (exact) mass is 316 g/mol. The Balaban J connectivity index is 2.89. The third-order valence-corrected chi connectivity index (χ3v) is 3.47. The molecule has 0 aliphatic carbocycles. The lowest BCUT2D eigenvalue weighted by Crippen LogP contribution is -2.38. The maximum atomic E-state index is 5.96. The lowest BCUT2D eigenvalue weighted by atomic mass is 10.1. The Kier molecular flexibility index (Phi) is 6.39. The maximum Gasteiger partial charge on any atom is 0.136 e. The molecule has 3 nitrogen and oxygen atoms in total. The van der Waals surface area contributed by atoms with Crippen LogP contribution in [-0.2, 0) is 0 Å². The van der Waals surface area contributed by atoms with E-state index >= 15 is 0 Å². The first kappa shape index (κ1) is 15.7. The summed E-state index contributed by atoms with van der Waals surface area (Å²) in [5.41, 5.74) is 5.96. The molecular weight excluding hydrogens is 292 g/mol. The van der Waals surface area contributed by atoms with E-state index in [1.54, 1.807) is 6.26 Å². The van der Waals surface area contributed by atoms with Crippen molar-refractivity contribution in [2.24, 2.45) is 17.6 Å². The largest absolute Gasteiger partial charge is 0.466 e. The molecule has 0 fully saturated rings. The highest BCUT2D eigenvalue weighted by atomic mass is 79.9. The minimum atomic E-state index is 0.152. The Morgan fingerprint density at radius 3 is 2.11 bits per heavy atom. The molecule has 1 atom stereocenters. The third-order valence-electron chi connectivity index (χ3n) is 2.81. The zero-order valence-corrected chi connectivity index (χ0v) is 13.4. The summed E-state index contributed by atoms with van der Waals surface area (Å²) in [5, 5.41) is 0. The smallest absolute Gasteiger partial charge is 0.136 e. The molecule has 1 aromatic rings. The van der Waals surface area contributed by atoms with Crippen molar-refractivity contribution in [3.63, 3.8) is 0 Å². The minimum absolute atomic E-state index is 0.152. The fraction of sp³-hybridized carbons (Fsp3) is 0.714. The Hall–Kier alpha value is -0.320. The fourth-order valence-electron chi connectivity index (χ4n) is 2.23. The van der Waals surface area contributed by atoms with Crippen LogP contribution in [0, 0.1) is 11.8 Å². The second-order valence-electron chi connectivity index (χ2n) is 5.63. The van der Waals surface area contributed by atoms with Gasteiger partial charge in [-0.1, -0.05) is 27.7 Å². The van der Waals surface area contributed by atoms with Gasteiger partial charge in [0.15, 0.2) is 0 Å². The van der Waals surface area contributed by atoms with E-state index in [1.807, 2.05) is 6.07 Å². The van der Waals surface area contributed by atoms with Crippen LogP contribution < -0.4 is 5.73 Å². The molecular formula is C14H25BrN2O. The summed E-state index contributed by atoms with van der Waals surface area (Å²) >= 11 is 3.53. The molecule has 1 heterocycles. The van der Waals surface area contributed by atoms with Gasteiger partial charge in [-0.3, -0.25) is 4.90 Å². The highest BCUT2D eigenvalue weighted by Crippen LogP contribution is 2.29. The Morgan fingerprint density at radius 2 is 1.78 bits per heavy atom. The van der Waals surface area contributed by atoms with Crippen molar-refractivity contribution in [2.75, 3.05) is 19.6 Å². The Morgan fingerprint density at radius 1 is 1.22 bits per heavy atom. The number of nitrogens with zero attached hydrogens (tertiary/aromatic N) is 1. The van der Waals surface area contributed by atoms with Gasteiger partial charge in [-0.05, 0) is 33.8 Å². The van der Waals surface area contributed by atoms with Crippen molar-refractivity contribution >= 4 is 15.9 Å². The molecule has 0 aliphatic heterocycles. The summed E-state index contributed by atoms with van der Waals surface area (Å²) in [6.07, 6.45) is 1.71. The van der Waals surface area contributed by atoms with Gasteiger partial charge in [0.2, 0.25) is 0 Å². The summed E-state index contributed by atoms with van der Waals surface area (Å²) in [6, 6.07) is 2.08. The van der Waals surface area contributed by atoms with Crippen LogP contribution in [0.3, 0.4) is 0 Å². The van der Waals surface area contributed by atoms with Crippen molar-refractivity contribution in [2.45, 2.75) is 33.7 Å². The lowest BCUT2D eigenvalue weighted by molar-refractivity contribution is 0.143. The predicted octanol–water partition coefficient (Wildman–Crippen LogP) is 3.66. The van der Waals surface area contributed by atoms with E-state index in [-0.39, 0.29) is 6.04 Å². The second kappa shape index (κ2) is 7.31. The van der Waals surface area contributed by atoms with Crippen LogP contribution in [0.1, 0.15) is 39.5 Å². The molecule has 18 heavy (non-hydrogen) atoms. The summed E-state index contributed by atoms with van der Waals surface area (Å²) in [7, 11) is 0. The van der Waals surface area contributed by atoms with E-state index in [0.717, 1.165) is 23.3 Å². The van der Waals surface area contributed by atoms with Gasteiger partial charge < -0.3 is 10.2 Å². The van der Waals surface area contributed by atoms with Gasteiger partial charge in [0, 0.05) is 19.6 Å². The van der Waals surface area contributed by atoms with Gasteiger partial charge in [-0.2, -0.15) is 0 Å². The van der Waals surface area contributed by atoms with Crippen molar-refractivity contribution in [1.82, 2.24) is 4.90 Å². The van der Waals surface area contributed by atoms with Crippen molar-refractivity contribution in [1.29, 1.82) is 0 Å². The van der Waals surface area contributed by atoms with Gasteiger partial charge in [0.05, 0.1) is 16.8 Å². The molecule has 1 rings (SSSR count). The third kappa shape index (κ3) is 4.41. The molecule has 0 amide bonds. The highest BCUT2D eigenvalue weighted by Gasteiger charge is 2.25. The molecule has 4 heteroatoms. The molecule has 1 unspecified atom stereocenters. The molecule has 104 valence electrons. The van der Waals surface area contributed by atoms with Gasteiger partial charge in [-0.15, -0.1) is 0 Å². The number of hydrogen-bond acceptors (Lipinski definition) is 3. The van der Waals surface area contributed by atoms with Crippen LogP contribution in [0.4, 0.5) is 0 Å². The first-order valence-corrected chi connectivity index (χ1v) is 7.42. The van der Waals surface area contributed by atoms with Crippen LogP contribution in [0.2, 0.25) is 0 Å². The molecule has 1 aromatic heterocycles. The van der Waals surface area contributed by atoms with Crippen LogP contribution in [-0.4, -0.2) is 24.5 Å². The number of rotatable bonds is 7. The zero-order valence-electron chi connectivity index (χ0n) is 11.8. The van der Waals surface area contributed by atoms with E-state index in [1.165, 1.54) is 0 Å². The number of halogens is 1. The van der Waals surface area contributed by atoms with Crippen LogP contribution in [0.15, 0.2) is 21.2 Å². The molecule has 0 saturated carbocycles. The summed E-state index contributed by atoms with van der Waals surface area (Å²) < 4.78 is 6.60. The van der Waals surface area contributed by atoms with Crippen molar-refractivity contribution in [3.05, 3.63) is 22.6 Å². The minimum Gasteiger partial charge on any atom is -0.466 e. The quantitative estimate of drug-likeness (QED) is 0.834. The SMILES string of the molecule is CC(C)CN(CC(C)C)C(CN)c1occc1Br. The van der Waals surface area contributed by atoms with E-state index < -0.39 is 0 Å². The van der Waals surface area contributed by atoms with Crippen molar-refractivity contribution < 1.29 is 4.42 Å². The summed E-state index contributed by atoms with van der Waals surface area (Å²) in [6.45, 7) is 11.6. The Bertz CT molecular complexity index is 339. The fourth-order valence-corrected chi connectivity index (χ4v) is 2.70. The average Bonchev–Trinajstić information content (AvgIpc) is 2.64. The van der Waals surface area contributed by atoms with Crippen LogP contribution in [0.25, 0.3) is 0 Å². The van der Waals surface area contributed by atoms with Crippen LogP contribution in [0.5, 0.6) is 0 Å². The molecule has 0 aromatic carbocycles. The molecule has 2 N–H and O–H groups in total. The maximum absolute atomic E-state index is 5.96. The summed E-state index contributed by atoms with van der Waals surface area (Å²) in [5.74, 6) is 2.18. The first-order chi connectivity index (χ1) is 8.45. The lowest BCUT2D eigenvalue weighted by Gasteiger charge is -2.32. The molecule has 0 saturated heterocycles. The zero-order chi connectivity index (χ0) is 13.7. The van der Waals surface area contributed by atoms with E-state index in [9.17, 15) is 0 Å². The number of furan rings is 1. The first-order valence-electron chi connectivity index (χ1n) is 6.62.